The molecule has 3 atom stereocenters. The number of primary amides is 1. The van der Waals surface area contributed by atoms with Gasteiger partial charge in [-0.3, -0.25) is 34.2 Å². The Morgan fingerprint density at radius 3 is 2.42 bits per heavy atom. The second kappa shape index (κ2) is 19.4. The van der Waals surface area contributed by atoms with Crippen LogP contribution in [0.2, 0.25) is 5.02 Å². The average Bonchev–Trinajstić information content (AvgIpc) is 3.83. The minimum atomic E-state index is -1.08. The zero-order valence-corrected chi connectivity index (χ0v) is 40.4. The Morgan fingerprint density at radius 1 is 1.01 bits per heavy atom. The maximum Gasteiger partial charge on any atom is 0.329 e. The number of benzene rings is 4. The number of likely N-dealkylation sites (N-methyl/N-ethyl adjacent to an activating group) is 1. The van der Waals surface area contributed by atoms with Gasteiger partial charge in [-0.1, -0.05) is 54.9 Å². The molecule has 1 aromatic heterocycles. The lowest BCUT2D eigenvalue weighted by Crippen LogP contribution is -2.49. The largest absolute Gasteiger partial charge is 0.494 e. The van der Waals surface area contributed by atoms with Gasteiger partial charge in [0, 0.05) is 92.2 Å². The highest BCUT2D eigenvalue weighted by Crippen LogP contribution is 2.56. The lowest BCUT2D eigenvalue weighted by atomic mass is 9.77. The second-order valence-electron chi connectivity index (χ2n) is 19.2. The molecule has 0 radical (unpaired) electrons. The van der Waals surface area contributed by atoms with Crippen molar-refractivity contribution in [2.75, 3.05) is 51.8 Å². The molecule has 69 heavy (non-hydrogen) atoms. The van der Waals surface area contributed by atoms with Crippen LogP contribution in [0.25, 0.3) is 22.0 Å². The number of carbonyl (C=O) groups is 4. The number of rotatable bonds is 13. The van der Waals surface area contributed by atoms with Crippen LogP contribution in [0, 0.1) is 17.6 Å². The van der Waals surface area contributed by atoms with Crippen molar-refractivity contribution in [2.24, 2.45) is 18.7 Å². The van der Waals surface area contributed by atoms with E-state index in [0.717, 1.165) is 68.1 Å². The summed E-state index contributed by atoms with van der Waals surface area (Å²) in [6.07, 6.45) is 5.18. The van der Waals surface area contributed by atoms with Gasteiger partial charge in [0.15, 0.2) is 23.0 Å². The smallest absolute Gasteiger partial charge is 0.329 e. The molecule has 5 amide bonds. The summed E-state index contributed by atoms with van der Waals surface area (Å²) in [7, 11) is 5.08. The van der Waals surface area contributed by atoms with Gasteiger partial charge in [0.25, 0.3) is 0 Å². The summed E-state index contributed by atoms with van der Waals surface area (Å²) in [6.45, 7) is 7.19. The minimum Gasteiger partial charge on any atom is -0.494 e. The molecule has 0 spiro atoms. The van der Waals surface area contributed by atoms with Gasteiger partial charge >= 0.3 is 6.03 Å². The number of aryl methyl sites for hydroxylation is 1. The molecule has 1 saturated carbocycles. The molecule has 1 aliphatic carbocycles. The normalized spacial score (nSPS) is 22.6. The molecule has 4 aromatic carbocycles. The van der Waals surface area contributed by atoms with E-state index in [1.807, 2.05) is 62.3 Å². The number of amides is 5. The van der Waals surface area contributed by atoms with E-state index in [1.165, 1.54) is 35.8 Å². The third-order valence-corrected chi connectivity index (χ3v) is 15.6. The molecule has 364 valence electrons. The first-order chi connectivity index (χ1) is 33.1. The quantitative estimate of drug-likeness (QED) is 0.106. The molecular weight excluding hydrogens is 906 g/mol. The number of urea groups is 1. The number of nitrogens with zero attached hydrogens (tertiary/aromatic N) is 5. The number of imide groups is 1. The van der Waals surface area contributed by atoms with E-state index in [0.29, 0.717) is 36.9 Å². The monoisotopic (exact) mass is 964 g/mol. The number of nitrogens with two attached hydrogens (primary N) is 1. The minimum absolute atomic E-state index is 0.00792. The number of nitrogens with one attached hydrogen (secondary N) is 2. The number of hydrogen-bond donors (Lipinski definition) is 3. The van der Waals surface area contributed by atoms with E-state index in [2.05, 4.69) is 39.7 Å². The van der Waals surface area contributed by atoms with Gasteiger partial charge in [-0.05, 0) is 99.8 Å². The number of ether oxygens (including phenoxy) is 2. The Kier molecular flexibility index (Phi) is 13.5. The van der Waals surface area contributed by atoms with Crippen molar-refractivity contribution in [2.45, 2.75) is 88.3 Å². The second-order valence-corrected chi connectivity index (χ2v) is 19.6. The first-order valence-corrected chi connectivity index (χ1v) is 24.2. The first-order valence-electron chi connectivity index (χ1n) is 23.8. The zero-order valence-electron chi connectivity index (χ0n) is 39.6. The topological polar surface area (TPSA) is 164 Å². The van der Waals surface area contributed by atoms with E-state index in [-0.39, 0.29) is 69.4 Å². The fourth-order valence-corrected chi connectivity index (χ4v) is 11.5. The maximum absolute atomic E-state index is 16.2. The Labute approximate surface area is 405 Å². The third kappa shape index (κ3) is 8.91. The van der Waals surface area contributed by atoms with Crippen molar-refractivity contribution in [1.29, 1.82) is 0 Å². The van der Waals surface area contributed by atoms with Crippen LogP contribution in [0.3, 0.4) is 0 Å². The van der Waals surface area contributed by atoms with Crippen molar-refractivity contribution >= 4 is 52.1 Å². The van der Waals surface area contributed by atoms with Crippen LogP contribution < -0.4 is 30.7 Å². The number of likely N-dealkylation sites (tertiary alicyclic amines) is 1. The molecule has 2 saturated heterocycles. The van der Waals surface area contributed by atoms with E-state index < -0.39 is 35.1 Å². The van der Waals surface area contributed by atoms with Crippen LogP contribution >= 0.6 is 11.6 Å². The summed E-state index contributed by atoms with van der Waals surface area (Å²) < 4.78 is 45.9. The molecule has 3 aliphatic heterocycles. The summed E-state index contributed by atoms with van der Waals surface area (Å²) in [5.74, 6) is -2.41. The van der Waals surface area contributed by atoms with Crippen LogP contribution in [0.1, 0.15) is 97.7 Å². The molecule has 9 rings (SSSR count). The number of aromatic nitrogens is 2. The average molecular weight is 966 g/mol. The highest BCUT2D eigenvalue weighted by Gasteiger charge is 2.50. The number of halogens is 3. The van der Waals surface area contributed by atoms with E-state index in [4.69, 9.17) is 26.8 Å². The maximum atomic E-state index is 16.2. The molecule has 3 fully saturated rings. The first kappa shape index (κ1) is 47.9. The summed E-state index contributed by atoms with van der Waals surface area (Å²) in [6, 6.07) is 19.6. The number of hydrogen-bond acceptors (Lipinski definition) is 9. The Balaban J connectivity index is 0.815. The van der Waals surface area contributed by atoms with Crippen LogP contribution in [0.4, 0.5) is 19.4 Å². The highest BCUT2D eigenvalue weighted by atomic mass is 35.5. The van der Waals surface area contributed by atoms with E-state index in [1.54, 1.807) is 4.68 Å². The van der Waals surface area contributed by atoms with Crippen molar-refractivity contribution in [3.05, 3.63) is 106 Å². The van der Waals surface area contributed by atoms with Gasteiger partial charge in [-0.25, -0.2) is 13.6 Å². The standard InChI is InChI=1S/C52H59ClF2N8O6/c1-29(62-22-19-31(20-23-62)33-13-16-36-39(25-33)61(4)59-49(36)63-24-21-42(64)58-51(63)67)27-60(3)50(66)32-11-14-35(15-12-32)57-28-52(34-9-7-6-8-10-34)30(2)43-41(69-52)26-38(54)46(53)45(43)44-37(48(56)65)17-18-40(68-5)47(44)55/h6-10,13,16-18,25-26,29-32,35,57H,11-12,14-15,19-24,27-28H2,1-5H3,(H2,56,65)(H,58,64,67)/t29?,30-,32?,35?,52-/m0/s1. The summed E-state index contributed by atoms with van der Waals surface area (Å²) >= 11 is 6.70. The molecular formula is C52H59ClF2N8O6. The molecule has 4 heterocycles. The summed E-state index contributed by atoms with van der Waals surface area (Å²) in [5, 5.41) is 11.3. The fourth-order valence-electron chi connectivity index (χ4n) is 11.3. The molecule has 14 nitrogen and oxygen atoms in total. The van der Waals surface area contributed by atoms with Gasteiger partial charge in [0.05, 0.1) is 23.2 Å². The SMILES string of the molecule is COc1ccc(C(N)=O)c(-c2c(Cl)c(F)cc3c2[C@H](C)[C@@](CNC2CCC(C(=O)N(C)CC(C)N4CCC(c5ccc6c(N7CCC(=O)NC7=O)nn(C)c6c5)CC4)CC2)(c2ccccc2)O3)c1F. The van der Waals surface area contributed by atoms with Crippen LogP contribution in [0.5, 0.6) is 11.5 Å². The lowest BCUT2D eigenvalue weighted by molar-refractivity contribution is -0.136. The summed E-state index contributed by atoms with van der Waals surface area (Å²) in [5.41, 5.74) is 7.68. The van der Waals surface area contributed by atoms with Crippen LogP contribution in [0.15, 0.2) is 66.7 Å². The van der Waals surface area contributed by atoms with Crippen LogP contribution in [-0.4, -0.2) is 102 Å². The van der Waals surface area contributed by atoms with Crippen LogP contribution in [-0.2, 0) is 22.2 Å². The molecule has 0 bridgehead atoms. The van der Waals surface area contributed by atoms with Crippen molar-refractivity contribution < 1.29 is 37.4 Å². The van der Waals surface area contributed by atoms with Gasteiger partial charge in [0.2, 0.25) is 17.7 Å². The Morgan fingerprint density at radius 2 is 1.74 bits per heavy atom. The van der Waals surface area contributed by atoms with E-state index >= 15 is 8.78 Å². The van der Waals surface area contributed by atoms with E-state index in [9.17, 15) is 19.2 Å². The Hall–Kier alpha value is -6.10. The van der Waals surface area contributed by atoms with Crippen molar-refractivity contribution in [3.63, 3.8) is 0 Å². The number of anilines is 1. The molecule has 17 heteroatoms. The predicted octanol–water partition coefficient (Wildman–Crippen LogP) is 7.99. The van der Waals surface area contributed by atoms with Gasteiger partial charge < -0.3 is 25.4 Å². The van der Waals surface area contributed by atoms with Crippen molar-refractivity contribution in [3.8, 4) is 22.6 Å². The summed E-state index contributed by atoms with van der Waals surface area (Å²) in [4.78, 5) is 56.8. The van der Waals surface area contributed by atoms with Crippen molar-refractivity contribution in [1.82, 2.24) is 30.2 Å². The zero-order chi connectivity index (χ0) is 48.9. The molecule has 4 N–H and O–H groups in total. The number of methoxy groups -OCH3 is 1. The lowest BCUT2D eigenvalue weighted by Gasteiger charge is -2.39. The van der Waals surface area contributed by atoms with Gasteiger partial charge in [0.1, 0.15) is 11.6 Å². The Bertz CT molecular complexity index is 2810. The molecule has 5 aromatic rings. The van der Waals surface area contributed by atoms with Gasteiger partial charge in [-0.2, -0.15) is 5.10 Å². The number of carbonyl (C=O) groups excluding carboxylic acids is 4. The van der Waals surface area contributed by atoms with Gasteiger partial charge in [-0.15, -0.1) is 0 Å². The number of piperidine rings is 1. The third-order valence-electron chi connectivity index (χ3n) is 15.2. The molecule has 4 aliphatic rings. The molecule has 1 unspecified atom stereocenters. The number of fused-ring (bicyclic) bond motifs is 2. The predicted molar refractivity (Wildman–Crippen MR) is 260 cm³/mol. The fraction of sp³-hybridized carbons (Fsp3) is 0.442. The highest BCUT2D eigenvalue weighted by molar-refractivity contribution is 6.34.